The van der Waals surface area contributed by atoms with Crippen LogP contribution in [0.5, 0.6) is 0 Å². The lowest BCUT2D eigenvalue weighted by Gasteiger charge is -2.52. The fourth-order valence-corrected chi connectivity index (χ4v) is 5.47. The van der Waals surface area contributed by atoms with Crippen molar-refractivity contribution < 1.29 is 19.0 Å². The lowest BCUT2D eigenvalue weighted by Crippen LogP contribution is -2.57. The molecule has 0 radical (unpaired) electrons. The van der Waals surface area contributed by atoms with Gasteiger partial charge in [-0.3, -0.25) is 0 Å². The van der Waals surface area contributed by atoms with Gasteiger partial charge in [0.05, 0.1) is 19.3 Å². The summed E-state index contributed by atoms with van der Waals surface area (Å²) in [6.45, 7) is 6.55. The Balaban J connectivity index is 1.25. The molecular weight excluding hydrogens is 446 g/mol. The van der Waals surface area contributed by atoms with E-state index in [1.807, 2.05) is 4.90 Å². The number of nitrogens with zero attached hydrogens (tertiary/aromatic N) is 1. The molecule has 0 bridgehead atoms. The fraction of sp³-hybridized carbons (Fsp3) is 0.708. The number of hydrogen-bond donors (Lipinski definition) is 0. The SMILES string of the molecule is CC1(C)COC2(CCC3(CCN(C(c4ccc(Br)cc4)C4CC4)C(=O)O3)CC2)OC1. The van der Waals surface area contributed by atoms with Gasteiger partial charge in [-0.2, -0.15) is 0 Å². The molecule has 1 amide bonds. The molecule has 1 atom stereocenters. The van der Waals surface area contributed by atoms with Crippen LogP contribution < -0.4 is 0 Å². The van der Waals surface area contributed by atoms with Crippen molar-refractivity contribution in [3.05, 3.63) is 34.3 Å². The average Bonchev–Trinajstić information content (AvgIpc) is 3.55. The second-order valence-corrected chi connectivity index (χ2v) is 11.4. The Morgan fingerprint density at radius 1 is 1.00 bits per heavy atom. The topological polar surface area (TPSA) is 48.0 Å². The summed E-state index contributed by atoms with van der Waals surface area (Å²) in [6, 6.07) is 8.52. The van der Waals surface area contributed by atoms with Crippen molar-refractivity contribution >= 4 is 22.0 Å². The number of rotatable bonds is 3. The summed E-state index contributed by atoms with van der Waals surface area (Å²) in [4.78, 5) is 15.1. The zero-order valence-electron chi connectivity index (χ0n) is 18.0. The lowest BCUT2D eigenvalue weighted by molar-refractivity contribution is -0.320. The Labute approximate surface area is 187 Å². The molecular formula is C24H32BrNO4. The summed E-state index contributed by atoms with van der Waals surface area (Å²) in [5.41, 5.74) is 0.929. The molecule has 2 heterocycles. The maximum Gasteiger partial charge on any atom is 0.410 e. The largest absolute Gasteiger partial charge is 0.443 e. The second-order valence-electron chi connectivity index (χ2n) is 10.5. The van der Waals surface area contributed by atoms with Crippen molar-refractivity contribution in [2.75, 3.05) is 19.8 Å². The van der Waals surface area contributed by atoms with E-state index in [1.165, 1.54) is 18.4 Å². The highest BCUT2D eigenvalue weighted by Crippen LogP contribution is 2.50. The molecule has 1 unspecified atom stereocenters. The first kappa shape index (κ1) is 20.8. The Morgan fingerprint density at radius 2 is 1.63 bits per heavy atom. The van der Waals surface area contributed by atoms with E-state index in [9.17, 15) is 4.79 Å². The van der Waals surface area contributed by atoms with Crippen LogP contribution in [0.15, 0.2) is 28.7 Å². The molecule has 164 valence electrons. The van der Waals surface area contributed by atoms with Crippen molar-refractivity contribution in [1.82, 2.24) is 4.90 Å². The molecule has 30 heavy (non-hydrogen) atoms. The highest BCUT2D eigenvalue weighted by atomic mass is 79.9. The molecule has 2 saturated carbocycles. The molecule has 2 aliphatic carbocycles. The zero-order chi connectivity index (χ0) is 21.0. The molecule has 0 aromatic heterocycles. The Bertz CT molecular complexity index is 784. The third-order valence-corrected chi connectivity index (χ3v) is 7.87. The standard InChI is InChI=1S/C24H32BrNO4/c1-22(2)15-28-24(29-16-22)11-9-23(10-12-24)13-14-26(21(27)30-23)20(17-3-4-17)18-5-7-19(25)8-6-18/h5-8,17,20H,3-4,9-16H2,1-2H3. The van der Waals surface area contributed by atoms with Crippen molar-refractivity contribution in [3.63, 3.8) is 0 Å². The fourth-order valence-electron chi connectivity index (χ4n) is 5.21. The highest BCUT2D eigenvalue weighted by Gasteiger charge is 2.52. The number of amides is 1. The van der Waals surface area contributed by atoms with Crippen LogP contribution >= 0.6 is 15.9 Å². The number of halogens is 1. The van der Waals surface area contributed by atoms with Gasteiger partial charge in [-0.15, -0.1) is 0 Å². The quantitative estimate of drug-likeness (QED) is 0.549. The molecule has 0 N–H and O–H groups in total. The first-order valence-corrected chi connectivity index (χ1v) is 12.1. The summed E-state index contributed by atoms with van der Waals surface area (Å²) in [6.07, 6.45) is 6.35. The lowest BCUT2D eigenvalue weighted by atomic mass is 9.77. The van der Waals surface area contributed by atoms with Gasteiger partial charge in [0.25, 0.3) is 0 Å². The summed E-state index contributed by atoms with van der Waals surface area (Å²) in [5, 5.41) is 0. The van der Waals surface area contributed by atoms with Gasteiger partial charge >= 0.3 is 6.09 Å². The number of ether oxygens (including phenoxy) is 3. The summed E-state index contributed by atoms with van der Waals surface area (Å²) in [5.74, 6) is 0.0768. The molecule has 2 saturated heterocycles. The van der Waals surface area contributed by atoms with Gasteiger partial charge in [-0.25, -0.2) is 4.79 Å². The van der Waals surface area contributed by atoms with Crippen LogP contribution in [0.2, 0.25) is 0 Å². The van der Waals surface area contributed by atoms with E-state index >= 15 is 0 Å². The van der Waals surface area contributed by atoms with Crippen LogP contribution in [0.3, 0.4) is 0 Å². The number of hydrogen-bond acceptors (Lipinski definition) is 4. The number of carbonyl (C=O) groups excluding carboxylic acids is 1. The zero-order valence-corrected chi connectivity index (χ0v) is 19.6. The molecule has 5 nitrogen and oxygen atoms in total. The van der Waals surface area contributed by atoms with E-state index in [0.29, 0.717) is 5.92 Å². The van der Waals surface area contributed by atoms with E-state index in [4.69, 9.17) is 14.2 Å². The van der Waals surface area contributed by atoms with Crippen LogP contribution in [0.1, 0.15) is 70.4 Å². The van der Waals surface area contributed by atoms with Crippen LogP contribution in [0.4, 0.5) is 4.79 Å². The molecule has 4 fully saturated rings. The van der Waals surface area contributed by atoms with Gasteiger partial charge < -0.3 is 19.1 Å². The number of benzene rings is 1. The van der Waals surface area contributed by atoms with Crippen molar-refractivity contribution in [2.24, 2.45) is 11.3 Å². The Morgan fingerprint density at radius 3 is 2.20 bits per heavy atom. The molecule has 5 rings (SSSR count). The van der Waals surface area contributed by atoms with Crippen LogP contribution in [-0.4, -0.2) is 42.1 Å². The predicted molar refractivity (Wildman–Crippen MR) is 117 cm³/mol. The molecule has 2 aliphatic heterocycles. The van der Waals surface area contributed by atoms with E-state index in [2.05, 4.69) is 54.0 Å². The summed E-state index contributed by atoms with van der Waals surface area (Å²) >= 11 is 3.51. The second kappa shape index (κ2) is 7.49. The Kier molecular flexibility index (Phi) is 5.19. The van der Waals surface area contributed by atoms with Gasteiger partial charge in [-0.1, -0.05) is 41.9 Å². The summed E-state index contributed by atoms with van der Waals surface area (Å²) in [7, 11) is 0. The molecule has 4 aliphatic rings. The first-order valence-electron chi connectivity index (χ1n) is 11.3. The third-order valence-electron chi connectivity index (χ3n) is 7.34. The highest BCUT2D eigenvalue weighted by molar-refractivity contribution is 9.10. The maximum atomic E-state index is 13.2. The monoisotopic (exact) mass is 477 g/mol. The molecule has 6 heteroatoms. The van der Waals surface area contributed by atoms with Crippen LogP contribution in [0, 0.1) is 11.3 Å². The predicted octanol–water partition coefficient (Wildman–Crippen LogP) is 5.82. The average molecular weight is 478 g/mol. The van der Waals surface area contributed by atoms with Crippen molar-refractivity contribution in [3.8, 4) is 0 Å². The van der Waals surface area contributed by atoms with Crippen LogP contribution in [-0.2, 0) is 14.2 Å². The van der Waals surface area contributed by atoms with E-state index in [0.717, 1.165) is 56.3 Å². The van der Waals surface area contributed by atoms with Gasteiger partial charge in [0.1, 0.15) is 5.60 Å². The molecule has 2 spiro atoms. The van der Waals surface area contributed by atoms with Crippen molar-refractivity contribution in [1.29, 1.82) is 0 Å². The smallest absolute Gasteiger partial charge is 0.410 e. The minimum atomic E-state index is -0.474. The minimum absolute atomic E-state index is 0.0725. The normalized spacial score (nSPS) is 28.4. The van der Waals surface area contributed by atoms with Crippen molar-refractivity contribution in [2.45, 2.75) is 76.2 Å². The van der Waals surface area contributed by atoms with Gasteiger partial charge in [-0.05, 0) is 49.3 Å². The van der Waals surface area contributed by atoms with Gasteiger partial charge in [0.2, 0.25) is 0 Å². The van der Waals surface area contributed by atoms with Crippen LogP contribution in [0.25, 0.3) is 0 Å². The van der Waals surface area contributed by atoms with Gasteiger partial charge in [0.15, 0.2) is 5.79 Å². The third kappa shape index (κ3) is 4.03. The van der Waals surface area contributed by atoms with E-state index in [1.54, 1.807) is 0 Å². The van der Waals surface area contributed by atoms with Gasteiger partial charge in [0, 0.05) is 35.7 Å². The summed E-state index contributed by atoms with van der Waals surface area (Å²) < 4.78 is 19.6. The van der Waals surface area contributed by atoms with E-state index in [-0.39, 0.29) is 23.2 Å². The molecule has 1 aromatic rings. The van der Waals surface area contributed by atoms with E-state index < -0.39 is 5.79 Å². The molecule has 1 aromatic carbocycles. The number of carbonyl (C=O) groups is 1. The maximum absolute atomic E-state index is 13.2. The Hall–Kier alpha value is -1.11. The first-order chi connectivity index (χ1) is 14.3. The minimum Gasteiger partial charge on any atom is -0.443 e.